The van der Waals surface area contributed by atoms with Crippen molar-refractivity contribution in [2.45, 2.75) is 64.7 Å². The van der Waals surface area contributed by atoms with Gasteiger partial charge in [-0.25, -0.2) is 8.42 Å². The van der Waals surface area contributed by atoms with Crippen molar-refractivity contribution in [2.24, 2.45) is 5.92 Å². The topological polar surface area (TPSA) is 88.4 Å². The Hall–Kier alpha value is -3.04. The summed E-state index contributed by atoms with van der Waals surface area (Å²) in [5, 5.41) is 8.55. The van der Waals surface area contributed by atoms with Crippen LogP contribution in [0.1, 0.15) is 50.3 Å². The van der Waals surface area contributed by atoms with Crippen LogP contribution in [-0.2, 0) is 34.5 Å². The summed E-state index contributed by atoms with van der Waals surface area (Å²) >= 11 is 0. The molecule has 1 saturated carbocycles. The van der Waals surface area contributed by atoms with E-state index in [4.69, 9.17) is 0 Å². The number of rotatable bonds is 7. The maximum absolute atomic E-state index is 13.4. The summed E-state index contributed by atoms with van der Waals surface area (Å²) in [6, 6.07) is 17.1. The van der Waals surface area contributed by atoms with Gasteiger partial charge in [0.2, 0.25) is 15.9 Å². The first-order valence-electron chi connectivity index (χ1n) is 13.2. The van der Waals surface area contributed by atoms with Crippen LogP contribution >= 0.6 is 0 Å². The van der Waals surface area contributed by atoms with Crippen LogP contribution in [0.5, 0.6) is 0 Å². The highest BCUT2D eigenvalue weighted by atomic mass is 32.2. The van der Waals surface area contributed by atoms with Crippen molar-refractivity contribution >= 4 is 15.9 Å². The molecule has 1 atom stereocenters. The number of carbonyl (C=O) groups is 1. The molecule has 196 valence electrons. The van der Waals surface area contributed by atoms with E-state index < -0.39 is 16.1 Å². The number of nitrogens with zero attached hydrogens (tertiary/aromatic N) is 5. The highest BCUT2D eigenvalue weighted by Crippen LogP contribution is 2.26. The van der Waals surface area contributed by atoms with Gasteiger partial charge in [0.1, 0.15) is 11.7 Å². The average Bonchev–Trinajstić information content (AvgIpc) is 3.34. The van der Waals surface area contributed by atoms with E-state index in [9.17, 15) is 13.2 Å². The number of sulfonamides is 1. The molecule has 2 aliphatic rings. The summed E-state index contributed by atoms with van der Waals surface area (Å²) in [4.78, 5) is 15.0. The number of amides is 1. The fraction of sp³-hybridized carbons (Fsp3) is 0.464. The van der Waals surface area contributed by atoms with E-state index in [1.54, 1.807) is 11.8 Å². The molecule has 5 rings (SSSR count). The van der Waals surface area contributed by atoms with Crippen molar-refractivity contribution < 1.29 is 13.2 Å². The Morgan fingerprint density at radius 3 is 2.35 bits per heavy atom. The van der Waals surface area contributed by atoms with Gasteiger partial charge in [-0.15, -0.1) is 5.10 Å². The first-order chi connectivity index (χ1) is 17.9. The lowest BCUT2D eigenvalue weighted by atomic mass is 9.89. The van der Waals surface area contributed by atoms with Gasteiger partial charge in [-0.05, 0) is 42.4 Å². The summed E-state index contributed by atoms with van der Waals surface area (Å²) in [5.41, 5.74) is 3.71. The molecular formula is C28H35N5O3S. The van der Waals surface area contributed by atoms with Crippen molar-refractivity contribution in [1.82, 2.24) is 24.2 Å². The fourth-order valence-corrected chi connectivity index (χ4v) is 7.02. The van der Waals surface area contributed by atoms with Gasteiger partial charge in [0.05, 0.1) is 18.5 Å². The molecular weight excluding hydrogens is 486 g/mol. The number of hydrogen-bond donors (Lipinski definition) is 0. The molecule has 0 spiro atoms. The van der Waals surface area contributed by atoms with Crippen molar-refractivity contribution in [1.29, 1.82) is 0 Å². The molecule has 1 aromatic heterocycles. The minimum Gasteiger partial charge on any atom is -0.334 e. The second-order valence-electron chi connectivity index (χ2n) is 10.3. The molecule has 0 bridgehead atoms. The lowest BCUT2D eigenvalue weighted by Crippen LogP contribution is -2.45. The largest absolute Gasteiger partial charge is 0.334 e. The second kappa shape index (κ2) is 11.1. The molecule has 0 radical (unpaired) electrons. The van der Waals surface area contributed by atoms with Crippen LogP contribution in [0.25, 0.3) is 11.1 Å². The number of carbonyl (C=O) groups excluding carboxylic acids is 1. The van der Waals surface area contributed by atoms with Crippen molar-refractivity contribution in [3.63, 3.8) is 0 Å². The molecule has 9 heteroatoms. The highest BCUT2D eigenvalue weighted by Gasteiger charge is 2.38. The smallest absolute Gasteiger partial charge is 0.241 e. The van der Waals surface area contributed by atoms with Crippen molar-refractivity contribution in [3.8, 4) is 11.1 Å². The van der Waals surface area contributed by atoms with E-state index in [1.165, 1.54) is 36.4 Å². The number of benzene rings is 2. The molecule has 3 aromatic rings. The zero-order chi connectivity index (χ0) is 25.8. The molecule has 1 aliphatic carbocycles. The Morgan fingerprint density at radius 1 is 0.919 bits per heavy atom. The zero-order valence-electron chi connectivity index (χ0n) is 21.4. The van der Waals surface area contributed by atoms with Crippen LogP contribution in [0.3, 0.4) is 0 Å². The lowest BCUT2D eigenvalue weighted by Gasteiger charge is -2.26. The van der Waals surface area contributed by atoms with Crippen LogP contribution in [0.2, 0.25) is 0 Å². The van der Waals surface area contributed by atoms with E-state index >= 15 is 0 Å². The third-order valence-electron chi connectivity index (χ3n) is 7.59. The summed E-state index contributed by atoms with van der Waals surface area (Å²) < 4.78 is 29.6. The predicted molar refractivity (Wildman–Crippen MR) is 143 cm³/mol. The predicted octanol–water partition coefficient (Wildman–Crippen LogP) is 4.09. The summed E-state index contributed by atoms with van der Waals surface area (Å²) in [6.07, 6.45) is 8.20. The Bertz CT molecular complexity index is 1300. The molecule has 1 unspecified atom stereocenters. The molecule has 2 heterocycles. The normalized spacial score (nSPS) is 21.2. The van der Waals surface area contributed by atoms with E-state index in [0.717, 1.165) is 23.2 Å². The van der Waals surface area contributed by atoms with E-state index in [-0.39, 0.29) is 31.3 Å². The fourth-order valence-electron chi connectivity index (χ4n) is 5.42. The van der Waals surface area contributed by atoms with Crippen LogP contribution in [-0.4, -0.2) is 56.9 Å². The van der Waals surface area contributed by atoms with E-state index in [2.05, 4.69) is 10.3 Å². The van der Waals surface area contributed by atoms with Crippen LogP contribution < -0.4 is 0 Å². The van der Waals surface area contributed by atoms with Crippen molar-refractivity contribution in [2.75, 3.05) is 12.3 Å². The first-order valence-corrected chi connectivity index (χ1v) is 14.8. The quantitative estimate of drug-likeness (QED) is 0.467. The summed E-state index contributed by atoms with van der Waals surface area (Å²) in [5.74, 6) is 0.314. The Kier molecular flexibility index (Phi) is 7.71. The Labute approximate surface area is 219 Å². The summed E-state index contributed by atoms with van der Waals surface area (Å²) in [7, 11) is -3.61. The molecule has 1 aliphatic heterocycles. The molecule has 37 heavy (non-hydrogen) atoms. The monoisotopic (exact) mass is 521 g/mol. The Morgan fingerprint density at radius 2 is 1.62 bits per heavy atom. The number of hydrogen-bond acceptors (Lipinski definition) is 5. The molecule has 8 nitrogen and oxygen atoms in total. The molecule has 2 aromatic carbocycles. The van der Waals surface area contributed by atoms with Crippen molar-refractivity contribution in [3.05, 3.63) is 72.1 Å². The minimum absolute atomic E-state index is 0.110. The van der Waals surface area contributed by atoms with Gasteiger partial charge in [-0.3, -0.25) is 9.48 Å². The third-order valence-corrected chi connectivity index (χ3v) is 9.44. The first kappa shape index (κ1) is 25.6. The van der Waals surface area contributed by atoms with Gasteiger partial charge in [0, 0.05) is 19.6 Å². The third kappa shape index (κ3) is 6.10. The van der Waals surface area contributed by atoms with Crippen LogP contribution in [0.4, 0.5) is 0 Å². The zero-order valence-corrected chi connectivity index (χ0v) is 22.2. The summed E-state index contributed by atoms with van der Waals surface area (Å²) in [6.45, 7) is 3.10. The Balaban J connectivity index is 1.25. The molecule has 0 N–H and O–H groups in total. The SMILES string of the molecule is CC1C(=O)N(Cc2cn(CC3CCCCC3)nn2)CCS(=O)(=O)N1Cc1ccc(-c2ccccc2)cc1. The molecule has 2 fully saturated rings. The highest BCUT2D eigenvalue weighted by molar-refractivity contribution is 7.89. The molecule has 1 amide bonds. The van der Waals surface area contributed by atoms with Gasteiger partial charge in [-0.1, -0.05) is 79.1 Å². The molecule has 1 saturated heterocycles. The lowest BCUT2D eigenvalue weighted by molar-refractivity contribution is -0.134. The van der Waals surface area contributed by atoms with Gasteiger partial charge in [-0.2, -0.15) is 4.31 Å². The van der Waals surface area contributed by atoms with Crippen LogP contribution in [0.15, 0.2) is 60.8 Å². The van der Waals surface area contributed by atoms with Gasteiger partial charge in [0.15, 0.2) is 0 Å². The van der Waals surface area contributed by atoms with Gasteiger partial charge in [0.25, 0.3) is 0 Å². The van der Waals surface area contributed by atoms with Gasteiger partial charge < -0.3 is 4.90 Å². The maximum atomic E-state index is 13.4. The average molecular weight is 522 g/mol. The van der Waals surface area contributed by atoms with E-state index in [0.29, 0.717) is 11.6 Å². The van der Waals surface area contributed by atoms with E-state index in [1.807, 2.05) is 65.5 Å². The standard InChI is InChI=1S/C28H35N5O3S/c1-22-28(34)31(20-27-21-32(30-29-27)18-23-8-4-2-5-9-23)16-17-37(35,36)33(22)19-24-12-14-26(15-13-24)25-10-6-3-7-11-25/h3,6-7,10-15,21-23H,2,4-5,8-9,16-20H2,1H3. The van der Waals surface area contributed by atoms with Gasteiger partial charge >= 0.3 is 0 Å². The minimum atomic E-state index is -3.61. The van der Waals surface area contributed by atoms with Crippen LogP contribution in [0, 0.1) is 5.92 Å². The second-order valence-corrected chi connectivity index (χ2v) is 12.3. The number of aromatic nitrogens is 3. The maximum Gasteiger partial charge on any atom is 0.241 e.